The standard InChI is InChI=1S/C14H10BrF4NO4S/c1-7-2-4-8(5-3-7)25(22,23)20-10-6-9(15)11(16)13(12(10)21)24-14(17,18)19/h2-6,20-21H,1H3. The van der Waals surface area contributed by atoms with Gasteiger partial charge in [0.1, 0.15) is 0 Å². The van der Waals surface area contributed by atoms with Crippen molar-refractivity contribution in [3.05, 3.63) is 46.2 Å². The molecule has 2 aromatic carbocycles. The van der Waals surface area contributed by atoms with Crippen LogP contribution in [-0.4, -0.2) is 19.9 Å². The highest BCUT2D eigenvalue weighted by atomic mass is 79.9. The minimum atomic E-state index is -5.29. The molecule has 0 bridgehead atoms. The van der Waals surface area contributed by atoms with Gasteiger partial charge in [-0.25, -0.2) is 12.8 Å². The molecular weight excluding hydrogens is 434 g/mol. The number of aromatic hydroxyl groups is 1. The molecule has 5 nitrogen and oxygen atoms in total. The molecule has 2 aromatic rings. The average Bonchev–Trinajstić information content (AvgIpc) is 2.48. The Balaban J connectivity index is 2.48. The van der Waals surface area contributed by atoms with Gasteiger partial charge in [0.05, 0.1) is 15.1 Å². The van der Waals surface area contributed by atoms with E-state index >= 15 is 0 Å². The van der Waals surface area contributed by atoms with E-state index in [0.29, 0.717) is 0 Å². The lowest BCUT2D eigenvalue weighted by Crippen LogP contribution is -2.19. The molecule has 0 amide bonds. The Morgan fingerprint density at radius 2 is 1.76 bits per heavy atom. The lowest BCUT2D eigenvalue weighted by atomic mass is 10.2. The molecule has 0 aliphatic carbocycles. The smallest absolute Gasteiger partial charge is 0.503 e. The molecule has 0 unspecified atom stereocenters. The van der Waals surface area contributed by atoms with Gasteiger partial charge in [0, 0.05) is 0 Å². The van der Waals surface area contributed by atoms with Gasteiger partial charge >= 0.3 is 6.36 Å². The van der Waals surface area contributed by atoms with Crippen molar-refractivity contribution in [2.24, 2.45) is 0 Å². The number of nitrogens with one attached hydrogen (secondary N) is 1. The van der Waals surface area contributed by atoms with Crippen LogP contribution in [0, 0.1) is 12.7 Å². The minimum Gasteiger partial charge on any atom is -0.503 e. The number of benzene rings is 2. The summed E-state index contributed by atoms with van der Waals surface area (Å²) in [5.74, 6) is -4.43. The van der Waals surface area contributed by atoms with Gasteiger partial charge in [-0.2, -0.15) is 0 Å². The van der Waals surface area contributed by atoms with Crippen LogP contribution in [0.25, 0.3) is 0 Å². The van der Waals surface area contributed by atoms with E-state index in [1.807, 2.05) is 4.72 Å². The summed E-state index contributed by atoms with van der Waals surface area (Å²) in [6.45, 7) is 1.73. The summed E-state index contributed by atoms with van der Waals surface area (Å²) in [6.07, 6.45) is -5.29. The van der Waals surface area contributed by atoms with Crippen molar-refractivity contribution in [1.82, 2.24) is 0 Å². The van der Waals surface area contributed by atoms with Crippen molar-refractivity contribution in [2.45, 2.75) is 18.2 Å². The first-order valence-corrected chi connectivity index (χ1v) is 8.74. The van der Waals surface area contributed by atoms with Crippen LogP contribution in [-0.2, 0) is 10.0 Å². The van der Waals surface area contributed by atoms with Crippen LogP contribution in [0.3, 0.4) is 0 Å². The quantitative estimate of drug-likeness (QED) is 0.545. The summed E-state index contributed by atoms with van der Waals surface area (Å²) < 4.78 is 80.1. The minimum absolute atomic E-state index is 0.198. The van der Waals surface area contributed by atoms with Gasteiger partial charge in [-0.3, -0.25) is 4.72 Å². The fraction of sp³-hybridized carbons (Fsp3) is 0.143. The molecular formula is C14H10BrF4NO4S. The molecule has 2 rings (SSSR count). The number of aryl methyl sites for hydroxylation is 1. The number of phenols is 1. The molecule has 136 valence electrons. The van der Waals surface area contributed by atoms with E-state index in [-0.39, 0.29) is 4.90 Å². The van der Waals surface area contributed by atoms with Gasteiger partial charge in [0.15, 0.2) is 11.6 Å². The fourth-order valence-electron chi connectivity index (χ4n) is 1.80. The Hall–Kier alpha value is -2.01. The van der Waals surface area contributed by atoms with Crippen LogP contribution in [0.15, 0.2) is 39.7 Å². The van der Waals surface area contributed by atoms with Gasteiger partial charge in [-0.15, -0.1) is 13.2 Å². The molecule has 0 atom stereocenters. The number of hydrogen-bond acceptors (Lipinski definition) is 4. The Bertz CT molecular complexity index is 899. The normalized spacial score (nSPS) is 12.1. The highest BCUT2D eigenvalue weighted by Crippen LogP contribution is 2.43. The lowest BCUT2D eigenvalue weighted by molar-refractivity contribution is -0.276. The van der Waals surface area contributed by atoms with Gasteiger partial charge in [0.2, 0.25) is 5.75 Å². The number of alkyl halides is 3. The number of ether oxygens (including phenoxy) is 1. The van der Waals surface area contributed by atoms with Crippen LogP contribution >= 0.6 is 15.9 Å². The Labute approximate surface area is 148 Å². The highest BCUT2D eigenvalue weighted by molar-refractivity contribution is 9.10. The maximum absolute atomic E-state index is 13.8. The Morgan fingerprint density at radius 3 is 2.28 bits per heavy atom. The predicted octanol–water partition coefficient (Wildman–Crippen LogP) is 4.30. The van der Waals surface area contributed by atoms with E-state index in [1.165, 1.54) is 24.3 Å². The molecule has 11 heteroatoms. The Kier molecular flexibility index (Phi) is 5.19. The largest absolute Gasteiger partial charge is 0.573 e. The zero-order valence-corrected chi connectivity index (χ0v) is 14.8. The number of anilines is 1. The molecule has 0 saturated heterocycles. The van der Waals surface area contributed by atoms with Gasteiger partial charge < -0.3 is 9.84 Å². The molecule has 0 spiro atoms. The van der Waals surface area contributed by atoms with Crippen molar-refractivity contribution < 1.29 is 35.8 Å². The second-order valence-electron chi connectivity index (χ2n) is 4.86. The molecule has 25 heavy (non-hydrogen) atoms. The summed E-state index contributed by atoms with van der Waals surface area (Å²) in [5, 5.41) is 9.80. The predicted molar refractivity (Wildman–Crippen MR) is 84.4 cm³/mol. The van der Waals surface area contributed by atoms with Crippen molar-refractivity contribution in [1.29, 1.82) is 0 Å². The molecule has 0 fully saturated rings. The molecule has 2 N–H and O–H groups in total. The second kappa shape index (κ2) is 6.71. The van der Waals surface area contributed by atoms with E-state index in [2.05, 4.69) is 20.7 Å². The second-order valence-corrected chi connectivity index (χ2v) is 7.40. The highest BCUT2D eigenvalue weighted by Gasteiger charge is 2.35. The number of hydrogen-bond donors (Lipinski definition) is 2. The summed E-state index contributed by atoms with van der Waals surface area (Å²) in [7, 11) is -4.23. The van der Waals surface area contributed by atoms with Gasteiger partial charge in [0.25, 0.3) is 10.0 Å². The molecule has 0 aliphatic rings. The molecule has 0 radical (unpaired) electrons. The van der Waals surface area contributed by atoms with Crippen LogP contribution in [0.5, 0.6) is 11.5 Å². The van der Waals surface area contributed by atoms with Crippen molar-refractivity contribution >= 4 is 31.6 Å². The number of rotatable bonds is 4. The number of phenolic OH excluding ortho intramolecular Hbond substituents is 1. The maximum Gasteiger partial charge on any atom is 0.573 e. The summed E-state index contributed by atoms with van der Waals surface area (Å²) in [4.78, 5) is -0.198. The zero-order valence-electron chi connectivity index (χ0n) is 12.4. The maximum atomic E-state index is 13.8. The van der Waals surface area contributed by atoms with Crippen LogP contribution in [0.4, 0.5) is 23.2 Å². The molecule has 0 aliphatic heterocycles. The third-order valence-electron chi connectivity index (χ3n) is 2.94. The van der Waals surface area contributed by atoms with E-state index in [1.54, 1.807) is 6.92 Å². The van der Waals surface area contributed by atoms with E-state index in [9.17, 15) is 31.1 Å². The first kappa shape index (κ1) is 19.3. The number of sulfonamides is 1. The first-order chi connectivity index (χ1) is 11.4. The van der Waals surface area contributed by atoms with Crippen LogP contribution in [0.1, 0.15) is 5.56 Å². The molecule has 0 heterocycles. The topological polar surface area (TPSA) is 75.6 Å². The van der Waals surface area contributed by atoms with Crippen LogP contribution in [0.2, 0.25) is 0 Å². The SMILES string of the molecule is Cc1ccc(S(=O)(=O)Nc2cc(Br)c(F)c(OC(F)(F)F)c2O)cc1. The van der Waals surface area contributed by atoms with E-state index < -0.39 is 43.9 Å². The van der Waals surface area contributed by atoms with Gasteiger partial charge in [-0.1, -0.05) is 17.7 Å². The summed E-state index contributed by atoms with van der Waals surface area (Å²) in [5.41, 5.74) is 0.0975. The Morgan fingerprint density at radius 1 is 1.20 bits per heavy atom. The lowest BCUT2D eigenvalue weighted by Gasteiger charge is -2.16. The van der Waals surface area contributed by atoms with Crippen molar-refractivity contribution in [3.8, 4) is 11.5 Å². The first-order valence-electron chi connectivity index (χ1n) is 6.47. The molecule has 0 saturated carbocycles. The van der Waals surface area contributed by atoms with Crippen LogP contribution < -0.4 is 9.46 Å². The van der Waals surface area contributed by atoms with E-state index in [0.717, 1.165) is 11.6 Å². The molecule has 0 aromatic heterocycles. The monoisotopic (exact) mass is 443 g/mol. The van der Waals surface area contributed by atoms with Crippen molar-refractivity contribution in [2.75, 3.05) is 4.72 Å². The summed E-state index contributed by atoms with van der Waals surface area (Å²) >= 11 is 2.64. The third-order valence-corrected chi connectivity index (χ3v) is 4.90. The summed E-state index contributed by atoms with van der Waals surface area (Å²) in [6, 6.07) is 6.32. The fourth-order valence-corrected chi connectivity index (χ4v) is 3.27. The zero-order chi connectivity index (χ0) is 19.0. The number of halogens is 5. The average molecular weight is 444 g/mol. The van der Waals surface area contributed by atoms with Crippen molar-refractivity contribution in [3.63, 3.8) is 0 Å². The third kappa shape index (κ3) is 4.54. The van der Waals surface area contributed by atoms with E-state index in [4.69, 9.17) is 0 Å². The van der Waals surface area contributed by atoms with Gasteiger partial charge in [-0.05, 0) is 41.1 Å².